The molecule has 2 saturated carbocycles. The lowest BCUT2D eigenvalue weighted by Gasteiger charge is -2.38. The Hall–Kier alpha value is -0.0800. The first-order chi connectivity index (χ1) is 8.86. The van der Waals surface area contributed by atoms with E-state index in [9.17, 15) is 0 Å². The smallest absolute Gasteiger partial charge is 0.0195 e. The van der Waals surface area contributed by atoms with Crippen LogP contribution in [-0.4, -0.2) is 36.1 Å². The van der Waals surface area contributed by atoms with E-state index in [2.05, 4.69) is 17.1 Å². The molecular formula is C16H30N2. The molecule has 0 bridgehead atoms. The summed E-state index contributed by atoms with van der Waals surface area (Å²) in [6.07, 6.45) is 13.1. The zero-order chi connectivity index (χ0) is 12.4. The summed E-state index contributed by atoms with van der Waals surface area (Å²) in [7, 11) is 0. The Labute approximate surface area is 113 Å². The maximum absolute atomic E-state index is 3.69. The van der Waals surface area contributed by atoms with Gasteiger partial charge in [0.25, 0.3) is 0 Å². The van der Waals surface area contributed by atoms with Crippen LogP contribution in [0.4, 0.5) is 0 Å². The second-order valence-corrected chi connectivity index (χ2v) is 6.80. The molecule has 1 heterocycles. The van der Waals surface area contributed by atoms with Crippen molar-refractivity contribution in [3.8, 4) is 0 Å². The minimum Gasteiger partial charge on any atom is -0.313 e. The van der Waals surface area contributed by atoms with E-state index in [0.717, 1.165) is 24.0 Å². The number of nitrogens with one attached hydrogen (secondary N) is 1. The van der Waals surface area contributed by atoms with Gasteiger partial charge < -0.3 is 5.32 Å². The van der Waals surface area contributed by atoms with Crippen molar-refractivity contribution in [2.24, 2.45) is 5.92 Å². The predicted octanol–water partition coefficient (Wildman–Crippen LogP) is 3.17. The summed E-state index contributed by atoms with van der Waals surface area (Å²) in [5.41, 5.74) is 0. The fraction of sp³-hybridized carbons (Fsp3) is 1.00. The fourth-order valence-electron chi connectivity index (χ4n) is 4.05. The highest BCUT2D eigenvalue weighted by molar-refractivity contribution is 4.93. The lowest BCUT2D eigenvalue weighted by molar-refractivity contribution is 0.117. The molecule has 104 valence electrons. The lowest BCUT2D eigenvalue weighted by atomic mass is 9.83. The summed E-state index contributed by atoms with van der Waals surface area (Å²) in [5.74, 6) is 1.03. The standard InChI is InChI=1S/C16H30N2/c1-2-13-5-7-15(8-6-13)18(16-9-10-16)12-14-4-3-11-17-14/h13-17H,2-12H2,1H3. The van der Waals surface area contributed by atoms with Crippen LogP contribution >= 0.6 is 0 Å². The molecule has 1 unspecified atom stereocenters. The van der Waals surface area contributed by atoms with Crippen molar-refractivity contribution in [2.75, 3.05) is 13.1 Å². The Morgan fingerprint density at radius 3 is 2.11 bits per heavy atom. The Morgan fingerprint density at radius 2 is 1.61 bits per heavy atom. The van der Waals surface area contributed by atoms with E-state index in [1.165, 1.54) is 70.9 Å². The molecule has 2 nitrogen and oxygen atoms in total. The number of hydrogen-bond donors (Lipinski definition) is 1. The Kier molecular flexibility index (Phi) is 4.25. The molecule has 1 N–H and O–H groups in total. The Morgan fingerprint density at radius 1 is 0.944 bits per heavy atom. The van der Waals surface area contributed by atoms with E-state index in [4.69, 9.17) is 0 Å². The molecular weight excluding hydrogens is 220 g/mol. The topological polar surface area (TPSA) is 15.3 Å². The van der Waals surface area contributed by atoms with E-state index in [-0.39, 0.29) is 0 Å². The Balaban J connectivity index is 1.53. The van der Waals surface area contributed by atoms with Crippen LogP contribution in [0.1, 0.15) is 64.7 Å². The van der Waals surface area contributed by atoms with Crippen LogP contribution < -0.4 is 5.32 Å². The average Bonchev–Trinajstić information content (AvgIpc) is 3.13. The highest BCUT2D eigenvalue weighted by Crippen LogP contribution is 2.36. The maximum atomic E-state index is 3.69. The van der Waals surface area contributed by atoms with Crippen molar-refractivity contribution < 1.29 is 0 Å². The highest BCUT2D eigenvalue weighted by atomic mass is 15.2. The molecule has 3 aliphatic rings. The quantitative estimate of drug-likeness (QED) is 0.806. The molecule has 2 heteroatoms. The predicted molar refractivity (Wildman–Crippen MR) is 76.8 cm³/mol. The van der Waals surface area contributed by atoms with E-state index < -0.39 is 0 Å². The van der Waals surface area contributed by atoms with Crippen molar-refractivity contribution >= 4 is 0 Å². The van der Waals surface area contributed by atoms with Gasteiger partial charge in [0.2, 0.25) is 0 Å². The third kappa shape index (κ3) is 3.08. The maximum Gasteiger partial charge on any atom is 0.0195 e. The summed E-state index contributed by atoms with van der Waals surface area (Å²) in [5, 5.41) is 3.69. The fourth-order valence-corrected chi connectivity index (χ4v) is 4.05. The minimum atomic E-state index is 0.800. The van der Waals surface area contributed by atoms with Gasteiger partial charge in [-0.05, 0) is 63.8 Å². The monoisotopic (exact) mass is 250 g/mol. The number of rotatable bonds is 5. The molecule has 1 atom stereocenters. The molecule has 1 saturated heterocycles. The van der Waals surface area contributed by atoms with Gasteiger partial charge in [0.1, 0.15) is 0 Å². The first-order valence-electron chi connectivity index (χ1n) is 8.36. The van der Waals surface area contributed by atoms with Gasteiger partial charge >= 0.3 is 0 Å². The van der Waals surface area contributed by atoms with E-state index in [1.54, 1.807) is 0 Å². The van der Waals surface area contributed by atoms with Crippen LogP contribution in [-0.2, 0) is 0 Å². The van der Waals surface area contributed by atoms with Gasteiger partial charge in [0.15, 0.2) is 0 Å². The largest absolute Gasteiger partial charge is 0.313 e. The Bertz CT molecular complexity index is 248. The van der Waals surface area contributed by atoms with Crippen LogP contribution in [0.5, 0.6) is 0 Å². The normalized spacial score (nSPS) is 37.3. The van der Waals surface area contributed by atoms with Crippen LogP contribution in [0.25, 0.3) is 0 Å². The second kappa shape index (κ2) is 5.92. The highest BCUT2D eigenvalue weighted by Gasteiger charge is 2.36. The van der Waals surface area contributed by atoms with Crippen molar-refractivity contribution in [3.63, 3.8) is 0 Å². The molecule has 3 rings (SSSR count). The lowest BCUT2D eigenvalue weighted by Crippen LogP contribution is -2.46. The molecule has 2 aliphatic carbocycles. The van der Waals surface area contributed by atoms with Gasteiger partial charge in [-0.3, -0.25) is 4.90 Å². The summed E-state index contributed by atoms with van der Waals surface area (Å²) in [6.45, 7) is 4.96. The molecule has 0 aromatic heterocycles. The van der Waals surface area contributed by atoms with Crippen LogP contribution in [0.2, 0.25) is 0 Å². The average molecular weight is 250 g/mol. The SMILES string of the molecule is CCC1CCC(N(CC2CCCN2)C2CC2)CC1. The molecule has 0 aromatic rings. The van der Waals surface area contributed by atoms with Gasteiger partial charge in [0, 0.05) is 24.7 Å². The van der Waals surface area contributed by atoms with Crippen molar-refractivity contribution in [3.05, 3.63) is 0 Å². The number of hydrogen-bond acceptors (Lipinski definition) is 2. The molecule has 1 aliphatic heterocycles. The van der Waals surface area contributed by atoms with Crippen LogP contribution in [0.3, 0.4) is 0 Å². The third-order valence-corrected chi connectivity index (χ3v) is 5.47. The summed E-state index contributed by atoms with van der Waals surface area (Å²) in [4.78, 5) is 2.90. The van der Waals surface area contributed by atoms with Gasteiger partial charge in [-0.15, -0.1) is 0 Å². The van der Waals surface area contributed by atoms with Crippen LogP contribution in [0.15, 0.2) is 0 Å². The van der Waals surface area contributed by atoms with E-state index in [0.29, 0.717) is 0 Å². The summed E-state index contributed by atoms with van der Waals surface area (Å²) in [6, 6.07) is 2.67. The van der Waals surface area contributed by atoms with Crippen molar-refractivity contribution in [1.82, 2.24) is 10.2 Å². The van der Waals surface area contributed by atoms with Crippen LogP contribution in [0, 0.1) is 5.92 Å². The van der Waals surface area contributed by atoms with Gasteiger partial charge in [0.05, 0.1) is 0 Å². The molecule has 3 fully saturated rings. The van der Waals surface area contributed by atoms with Crippen molar-refractivity contribution in [1.29, 1.82) is 0 Å². The summed E-state index contributed by atoms with van der Waals surface area (Å²) < 4.78 is 0. The van der Waals surface area contributed by atoms with Gasteiger partial charge in [-0.1, -0.05) is 13.3 Å². The van der Waals surface area contributed by atoms with Gasteiger partial charge in [-0.2, -0.15) is 0 Å². The molecule has 0 radical (unpaired) electrons. The molecule has 18 heavy (non-hydrogen) atoms. The molecule has 0 spiro atoms. The third-order valence-electron chi connectivity index (χ3n) is 5.47. The first-order valence-corrected chi connectivity index (χ1v) is 8.36. The van der Waals surface area contributed by atoms with Crippen molar-refractivity contribution in [2.45, 2.75) is 82.8 Å². The zero-order valence-corrected chi connectivity index (χ0v) is 12.0. The van der Waals surface area contributed by atoms with E-state index >= 15 is 0 Å². The molecule has 0 aromatic carbocycles. The number of nitrogens with zero attached hydrogens (tertiary/aromatic N) is 1. The van der Waals surface area contributed by atoms with E-state index in [1.807, 2.05) is 0 Å². The first kappa shape index (κ1) is 12.9. The summed E-state index contributed by atoms with van der Waals surface area (Å²) >= 11 is 0. The second-order valence-electron chi connectivity index (χ2n) is 6.80. The zero-order valence-electron chi connectivity index (χ0n) is 12.0. The minimum absolute atomic E-state index is 0.800. The molecule has 0 amide bonds. The van der Waals surface area contributed by atoms with Gasteiger partial charge in [-0.25, -0.2) is 0 Å².